The van der Waals surface area contributed by atoms with Crippen molar-refractivity contribution < 1.29 is 22.6 Å². The van der Waals surface area contributed by atoms with Gasteiger partial charge in [-0.05, 0) is 37.0 Å². The van der Waals surface area contributed by atoms with Gasteiger partial charge in [-0.25, -0.2) is 0 Å². The van der Waals surface area contributed by atoms with Crippen LogP contribution in [0, 0.1) is 0 Å². The third kappa shape index (κ3) is 4.38. The number of rotatable bonds is 5. The van der Waals surface area contributed by atoms with Crippen LogP contribution in [0.5, 0.6) is 5.75 Å². The predicted molar refractivity (Wildman–Crippen MR) is 68.4 cm³/mol. The van der Waals surface area contributed by atoms with Gasteiger partial charge in [-0.15, -0.1) is 13.2 Å². The first-order valence-corrected chi connectivity index (χ1v) is 6.59. The SMILES string of the molecule is COC1CCCC1NCc1ccc(OC(F)(F)F)cc1. The van der Waals surface area contributed by atoms with Crippen LogP contribution < -0.4 is 10.1 Å². The van der Waals surface area contributed by atoms with Gasteiger partial charge in [0.25, 0.3) is 0 Å². The Morgan fingerprint density at radius 2 is 1.90 bits per heavy atom. The van der Waals surface area contributed by atoms with Gasteiger partial charge in [0.2, 0.25) is 0 Å². The number of nitrogens with one attached hydrogen (secondary N) is 1. The molecule has 1 aromatic rings. The van der Waals surface area contributed by atoms with Crippen LogP contribution >= 0.6 is 0 Å². The Morgan fingerprint density at radius 1 is 1.20 bits per heavy atom. The zero-order valence-corrected chi connectivity index (χ0v) is 11.2. The van der Waals surface area contributed by atoms with E-state index in [1.807, 2.05) is 0 Å². The van der Waals surface area contributed by atoms with Gasteiger partial charge in [0.15, 0.2) is 0 Å². The van der Waals surface area contributed by atoms with Gasteiger partial charge in [-0.3, -0.25) is 0 Å². The van der Waals surface area contributed by atoms with Gasteiger partial charge < -0.3 is 14.8 Å². The highest BCUT2D eigenvalue weighted by Gasteiger charge is 2.31. The molecule has 2 rings (SSSR count). The Kier molecular flexibility index (Phi) is 4.88. The maximum Gasteiger partial charge on any atom is 0.573 e. The average molecular weight is 289 g/mol. The van der Waals surface area contributed by atoms with Crippen LogP contribution in [0.1, 0.15) is 24.8 Å². The molecule has 0 bridgehead atoms. The molecule has 112 valence electrons. The maximum absolute atomic E-state index is 12.0. The summed E-state index contributed by atoms with van der Waals surface area (Å²) in [4.78, 5) is 0. The van der Waals surface area contributed by atoms with Crippen molar-refractivity contribution in [1.82, 2.24) is 5.32 Å². The second-order valence-corrected chi connectivity index (χ2v) is 4.88. The number of ether oxygens (including phenoxy) is 2. The van der Waals surface area contributed by atoms with Gasteiger partial charge in [-0.2, -0.15) is 0 Å². The molecule has 0 amide bonds. The van der Waals surface area contributed by atoms with E-state index >= 15 is 0 Å². The molecule has 0 spiro atoms. The van der Waals surface area contributed by atoms with E-state index in [0.29, 0.717) is 12.6 Å². The molecule has 1 aliphatic rings. The van der Waals surface area contributed by atoms with Crippen molar-refractivity contribution in [3.05, 3.63) is 29.8 Å². The van der Waals surface area contributed by atoms with Crippen LogP contribution in [0.3, 0.4) is 0 Å². The molecule has 1 aliphatic carbocycles. The molecule has 1 saturated carbocycles. The summed E-state index contributed by atoms with van der Waals surface area (Å²) in [5.74, 6) is -0.197. The molecule has 3 nitrogen and oxygen atoms in total. The summed E-state index contributed by atoms with van der Waals surface area (Å²) in [7, 11) is 1.70. The molecule has 0 heterocycles. The van der Waals surface area contributed by atoms with Crippen LogP contribution in [0.15, 0.2) is 24.3 Å². The average Bonchev–Trinajstić information content (AvgIpc) is 2.83. The summed E-state index contributed by atoms with van der Waals surface area (Å²) in [6.45, 7) is 0.608. The molecule has 20 heavy (non-hydrogen) atoms. The summed E-state index contributed by atoms with van der Waals surface area (Å²) in [6, 6.07) is 6.22. The molecule has 1 aromatic carbocycles. The minimum absolute atomic E-state index is 0.197. The molecule has 0 aromatic heterocycles. The normalized spacial score (nSPS) is 23.0. The quantitative estimate of drug-likeness (QED) is 0.902. The predicted octanol–water partition coefficient (Wildman–Crippen LogP) is 3.24. The first-order chi connectivity index (χ1) is 9.48. The molecule has 0 radical (unpaired) electrons. The van der Waals surface area contributed by atoms with Crippen molar-refractivity contribution in [1.29, 1.82) is 0 Å². The molecule has 0 aliphatic heterocycles. The highest BCUT2D eigenvalue weighted by molar-refractivity contribution is 5.27. The number of halogens is 3. The van der Waals surface area contributed by atoms with Crippen molar-refractivity contribution in [2.45, 2.75) is 44.3 Å². The third-order valence-electron chi connectivity index (χ3n) is 3.48. The lowest BCUT2D eigenvalue weighted by Crippen LogP contribution is -2.36. The summed E-state index contributed by atoms with van der Waals surface area (Å²) in [5, 5.41) is 3.38. The number of methoxy groups -OCH3 is 1. The fourth-order valence-corrected chi connectivity index (χ4v) is 2.50. The summed E-state index contributed by atoms with van der Waals surface area (Å²) in [5.41, 5.74) is 0.918. The number of benzene rings is 1. The first-order valence-electron chi connectivity index (χ1n) is 6.59. The maximum atomic E-state index is 12.0. The van der Waals surface area contributed by atoms with E-state index in [1.54, 1.807) is 19.2 Å². The van der Waals surface area contributed by atoms with Crippen LogP contribution in [-0.4, -0.2) is 25.6 Å². The van der Waals surface area contributed by atoms with E-state index < -0.39 is 6.36 Å². The van der Waals surface area contributed by atoms with E-state index in [2.05, 4.69) is 10.1 Å². The molecule has 0 saturated heterocycles. The molecule has 2 atom stereocenters. The summed E-state index contributed by atoms with van der Waals surface area (Å²) in [6.07, 6.45) is -1.17. The molecular formula is C14H18F3NO2. The van der Waals surface area contributed by atoms with Gasteiger partial charge >= 0.3 is 6.36 Å². The topological polar surface area (TPSA) is 30.5 Å². The lowest BCUT2D eigenvalue weighted by molar-refractivity contribution is -0.274. The minimum Gasteiger partial charge on any atom is -0.406 e. The number of hydrogen-bond donors (Lipinski definition) is 1. The van der Waals surface area contributed by atoms with Crippen LogP contribution in [0.2, 0.25) is 0 Å². The highest BCUT2D eigenvalue weighted by Crippen LogP contribution is 2.24. The van der Waals surface area contributed by atoms with Gasteiger partial charge in [0, 0.05) is 19.7 Å². The zero-order chi connectivity index (χ0) is 14.6. The van der Waals surface area contributed by atoms with Crippen molar-refractivity contribution in [2.24, 2.45) is 0 Å². The monoisotopic (exact) mass is 289 g/mol. The zero-order valence-electron chi connectivity index (χ0n) is 11.2. The number of alkyl halides is 3. The Morgan fingerprint density at radius 3 is 2.50 bits per heavy atom. The van der Waals surface area contributed by atoms with Crippen molar-refractivity contribution in [2.75, 3.05) is 7.11 Å². The van der Waals surface area contributed by atoms with Crippen LogP contribution in [-0.2, 0) is 11.3 Å². The Balaban J connectivity index is 1.85. The minimum atomic E-state index is -4.64. The van der Waals surface area contributed by atoms with E-state index in [-0.39, 0.29) is 11.9 Å². The van der Waals surface area contributed by atoms with Gasteiger partial charge in [0.05, 0.1) is 6.10 Å². The van der Waals surface area contributed by atoms with E-state index in [1.165, 1.54) is 12.1 Å². The summed E-state index contributed by atoms with van der Waals surface area (Å²) < 4.78 is 45.3. The third-order valence-corrected chi connectivity index (χ3v) is 3.48. The van der Waals surface area contributed by atoms with Gasteiger partial charge in [0.1, 0.15) is 5.75 Å². The number of hydrogen-bond acceptors (Lipinski definition) is 3. The highest BCUT2D eigenvalue weighted by atomic mass is 19.4. The standard InChI is InChI=1S/C14H18F3NO2/c1-19-13-4-2-3-12(13)18-9-10-5-7-11(8-6-10)20-14(15,16)17/h5-8,12-13,18H,2-4,9H2,1H3. The lowest BCUT2D eigenvalue weighted by Gasteiger charge is -2.19. The Hall–Kier alpha value is -1.27. The fourth-order valence-electron chi connectivity index (χ4n) is 2.50. The van der Waals surface area contributed by atoms with Crippen molar-refractivity contribution in [3.8, 4) is 5.75 Å². The lowest BCUT2D eigenvalue weighted by atomic mass is 10.1. The van der Waals surface area contributed by atoms with E-state index in [9.17, 15) is 13.2 Å². The Bertz CT molecular complexity index is 419. The largest absolute Gasteiger partial charge is 0.573 e. The van der Waals surface area contributed by atoms with Crippen LogP contribution in [0.4, 0.5) is 13.2 Å². The van der Waals surface area contributed by atoms with E-state index in [0.717, 1.165) is 24.8 Å². The van der Waals surface area contributed by atoms with Crippen molar-refractivity contribution >= 4 is 0 Å². The summed E-state index contributed by atoms with van der Waals surface area (Å²) >= 11 is 0. The molecule has 6 heteroatoms. The molecule has 2 unspecified atom stereocenters. The fraction of sp³-hybridized carbons (Fsp3) is 0.571. The van der Waals surface area contributed by atoms with E-state index in [4.69, 9.17) is 4.74 Å². The van der Waals surface area contributed by atoms with Crippen molar-refractivity contribution in [3.63, 3.8) is 0 Å². The smallest absolute Gasteiger partial charge is 0.406 e. The molecular weight excluding hydrogens is 271 g/mol. The second kappa shape index (κ2) is 6.45. The second-order valence-electron chi connectivity index (χ2n) is 4.88. The molecule has 1 fully saturated rings. The first kappa shape index (κ1) is 15.1. The Labute approximate surface area is 116 Å². The van der Waals surface area contributed by atoms with Gasteiger partial charge in [-0.1, -0.05) is 12.1 Å². The van der Waals surface area contributed by atoms with Crippen LogP contribution in [0.25, 0.3) is 0 Å². The molecule has 1 N–H and O–H groups in total.